The van der Waals surface area contributed by atoms with Crippen LogP contribution in [0.2, 0.25) is 5.02 Å². The Bertz CT molecular complexity index is 1060. The van der Waals surface area contributed by atoms with Gasteiger partial charge in [-0.2, -0.15) is 0 Å². The molecule has 0 aromatic heterocycles. The van der Waals surface area contributed by atoms with Crippen molar-refractivity contribution in [1.82, 2.24) is 10.2 Å². The SMILES string of the molecule is CCNC(=O)[C@H](Cc1ccccc1)N(Cc1ccccc1F)C(=O)CSc1ccc(Cl)cc1. The topological polar surface area (TPSA) is 49.4 Å². The molecule has 33 heavy (non-hydrogen) atoms. The van der Waals surface area contributed by atoms with Gasteiger partial charge in [-0.3, -0.25) is 9.59 Å². The van der Waals surface area contributed by atoms with Gasteiger partial charge in [-0.25, -0.2) is 4.39 Å². The number of hydrogen-bond donors (Lipinski definition) is 1. The molecule has 0 aliphatic rings. The third kappa shape index (κ3) is 7.34. The van der Waals surface area contributed by atoms with Gasteiger partial charge in [0.2, 0.25) is 11.8 Å². The average molecular weight is 485 g/mol. The number of thioether (sulfide) groups is 1. The van der Waals surface area contributed by atoms with Crippen molar-refractivity contribution in [2.45, 2.75) is 30.8 Å². The summed E-state index contributed by atoms with van der Waals surface area (Å²) in [7, 11) is 0. The van der Waals surface area contributed by atoms with Gasteiger partial charge in [0.1, 0.15) is 11.9 Å². The number of likely N-dealkylation sites (N-methyl/N-ethyl adjacent to an activating group) is 1. The molecule has 3 rings (SSSR count). The van der Waals surface area contributed by atoms with Crippen molar-refractivity contribution in [3.05, 3.63) is 101 Å². The van der Waals surface area contributed by atoms with Crippen LogP contribution < -0.4 is 5.32 Å². The third-order valence-electron chi connectivity index (χ3n) is 5.10. The lowest BCUT2D eigenvalue weighted by atomic mass is 10.0. The highest BCUT2D eigenvalue weighted by atomic mass is 35.5. The van der Waals surface area contributed by atoms with E-state index in [4.69, 9.17) is 11.6 Å². The summed E-state index contributed by atoms with van der Waals surface area (Å²) in [5.74, 6) is -0.802. The molecular weight excluding hydrogens is 459 g/mol. The Morgan fingerprint density at radius 1 is 1.00 bits per heavy atom. The van der Waals surface area contributed by atoms with Crippen molar-refractivity contribution in [3.63, 3.8) is 0 Å². The van der Waals surface area contributed by atoms with Gasteiger partial charge < -0.3 is 10.2 Å². The summed E-state index contributed by atoms with van der Waals surface area (Å²) in [4.78, 5) is 28.8. The summed E-state index contributed by atoms with van der Waals surface area (Å²) < 4.78 is 14.5. The largest absolute Gasteiger partial charge is 0.355 e. The molecule has 0 bridgehead atoms. The number of halogens is 2. The van der Waals surface area contributed by atoms with Crippen LogP contribution in [-0.4, -0.2) is 35.1 Å². The van der Waals surface area contributed by atoms with Crippen LogP contribution in [0.4, 0.5) is 4.39 Å². The second kappa shape index (κ2) is 12.4. The van der Waals surface area contributed by atoms with Crippen LogP contribution in [0.1, 0.15) is 18.1 Å². The first-order chi connectivity index (χ1) is 16.0. The van der Waals surface area contributed by atoms with E-state index in [2.05, 4.69) is 5.32 Å². The molecule has 7 heteroatoms. The van der Waals surface area contributed by atoms with Crippen molar-refractivity contribution in [2.24, 2.45) is 0 Å². The van der Waals surface area contributed by atoms with Gasteiger partial charge in [0.05, 0.1) is 5.75 Å². The zero-order valence-electron chi connectivity index (χ0n) is 18.3. The van der Waals surface area contributed by atoms with E-state index in [0.717, 1.165) is 10.5 Å². The molecule has 1 N–H and O–H groups in total. The average Bonchev–Trinajstić information content (AvgIpc) is 2.82. The molecule has 4 nitrogen and oxygen atoms in total. The Kier molecular flexibility index (Phi) is 9.34. The summed E-state index contributed by atoms with van der Waals surface area (Å²) in [6.07, 6.45) is 0.332. The van der Waals surface area contributed by atoms with E-state index >= 15 is 0 Å². The molecule has 0 spiro atoms. The lowest BCUT2D eigenvalue weighted by Gasteiger charge is -2.31. The van der Waals surface area contributed by atoms with Crippen LogP contribution in [0, 0.1) is 5.82 Å². The molecule has 0 saturated carbocycles. The minimum atomic E-state index is -0.773. The van der Waals surface area contributed by atoms with Crippen LogP contribution in [0.15, 0.2) is 83.8 Å². The first-order valence-corrected chi connectivity index (χ1v) is 12.1. The number of nitrogens with one attached hydrogen (secondary N) is 1. The number of amides is 2. The second-order valence-electron chi connectivity index (χ2n) is 7.46. The van der Waals surface area contributed by atoms with Crippen molar-refractivity contribution in [1.29, 1.82) is 0 Å². The number of rotatable bonds is 10. The highest BCUT2D eigenvalue weighted by Crippen LogP contribution is 2.23. The molecule has 172 valence electrons. The summed E-state index contributed by atoms with van der Waals surface area (Å²) in [6, 6.07) is 22.3. The maximum Gasteiger partial charge on any atom is 0.243 e. The first kappa shape index (κ1) is 24.8. The summed E-state index contributed by atoms with van der Waals surface area (Å²) >= 11 is 7.30. The number of carbonyl (C=O) groups excluding carboxylic acids is 2. The fourth-order valence-corrected chi connectivity index (χ4v) is 4.33. The van der Waals surface area contributed by atoms with E-state index in [1.165, 1.54) is 22.7 Å². The lowest BCUT2D eigenvalue weighted by Crippen LogP contribution is -2.51. The van der Waals surface area contributed by atoms with Crippen LogP contribution in [-0.2, 0) is 22.6 Å². The van der Waals surface area contributed by atoms with E-state index in [1.807, 2.05) is 49.4 Å². The maximum absolute atomic E-state index is 14.5. The van der Waals surface area contributed by atoms with Crippen LogP contribution in [0.25, 0.3) is 0 Å². The minimum Gasteiger partial charge on any atom is -0.355 e. The second-order valence-corrected chi connectivity index (χ2v) is 8.94. The molecule has 0 aliphatic carbocycles. The number of hydrogen-bond acceptors (Lipinski definition) is 3. The van der Waals surface area contributed by atoms with E-state index in [0.29, 0.717) is 23.6 Å². The number of nitrogens with zero attached hydrogens (tertiary/aromatic N) is 1. The van der Waals surface area contributed by atoms with Gasteiger partial charge in [0, 0.05) is 35.0 Å². The zero-order valence-corrected chi connectivity index (χ0v) is 19.9. The van der Waals surface area contributed by atoms with Gasteiger partial charge in [-0.05, 0) is 42.8 Å². The Hall–Kier alpha value is -2.83. The monoisotopic (exact) mass is 484 g/mol. The van der Waals surface area contributed by atoms with Crippen molar-refractivity contribution in [3.8, 4) is 0 Å². The van der Waals surface area contributed by atoms with E-state index in [9.17, 15) is 14.0 Å². The molecule has 3 aromatic rings. The highest BCUT2D eigenvalue weighted by molar-refractivity contribution is 8.00. The van der Waals surface area contributed by atoms with Crippen LogP contribution in [0.3, 0.4) is 0 Å². The Labute approximate surface area is 203 Å². The van der Waals surface area contributed by atoms with Crippen LogP contribution >= 0.6 is 23.4 Å². The molecule has 0 fully saturated rings. The van der Waals surface area contributed by atoms with E-state index < -0.39 is 11.9 Å². The molecular formula is C26H26ClFN2O2S. The van der Waals surface area contributed by atoms with Gasteiger partial charge in [-0.15, -0.1) is 11.8 Å². The number of carbonyl (C=O) groups is 2. The molecule has 0 saturated heterocycles. The molecule has 2 amide bonds. The van der Waals surface area contributed by atoms with Gasteiger partial charge >= 0.3 is 0 Å². The molecule has 0 unspecified atom stereocenters. The summed E-state index contributed by atoms with van der Waals surface area (Å²) in [6.45, 7) is 2.27. The molecule has 3 aromatic carbocycles. The molecule has 0 aliphatic heterocycles. The smallest absolute Gasteiger partial charge is 0.243 e. The predicted octanol–water partition coefficient (Wildman–Crippen LogP) is 5.35. The zero-order chi connectivity index (χ0) is 23.6. The fourth-order valence-electron chi connectivity index (χ4n) is 3.41. The minimum absolute atomic E-state index is 0.00131. The summed E-state index contributed by atoms with van der Waals surface area (Å²) in [5, 5.41) is 3.45. The Morgan fingerprint density at radius 3 is 2.33 bits per heavy atom. The maximum atomic E-state index is 14.5. The Balaban J connectivity index is 1.89. The molecule has 0 radical (unpaired) electrons. The molecule has 1 atom stereocenters. The highest BCUT2D eigenvalue weighted by Gasteiger charge is 2.30. The quantitative estimate of drug-likeness (QED) is 0.395. The molecule has 0 heterocycles. The normalized spacial score (nSPS) is 11.6. The predicted molar refractivity (Wildman–Crippen MR) is 132 cm³/mol. The Morgan fingerprint density at radius 2 is 1.67 bits per heavy atom. The first-order valence-electron chi connectivity index (χ1n) is 10.7. The van der Waals surface area contributed by atoms with Crippen molar-refractivity contribution >= 4 is 35.2 Å². The third-order valence-corrected chi connectivity index (χ3v) is 6.35. The van der Waals surface area contributed by atoms with Crippen LogP contribution in [0.5, 0.6) is 0 Å². The van der Waals surface area contributed by atoms with Crippen molar-refractivity contribution in [2.75, 3.05) is 12.3 Å². The van der Waals surface area contributed by atoms with Gasteiger partial charge in [0.15, 0.2) is 0 Å². The van der Waals surface area contributed by atoms with Gasteiger partial charge in [0.25, 0.3) is 0 Å². The summed E-state index contributed by atoms with van der Waals surface area (Å²) in [5.41, 5.74) is 1.29. The van der Waals surface area contributed by atoms with Gasteiger partial charge in [-0.1, -0.05) is 60.1 Å². The number of benzene rings is 3. The fraction of sp³-hybridized carbons (Fsp3) is 0.231. The lowest BCUT2D eigenvalue weighted by molar-refractivity contribution is -0.139. The van der Waals surface area contributed by atoms with E-state index in [1.54, 1.807) is 30.3 Å². The van der Waals surface area contributed by atoms with Crippen molar-refractivity contribution < 1.29 is 14.0 Å². The van der Waals surface area contributed by atoms with E-state index in [-0.39, 0.29) is 24.1 Å². The standard InChI is InChI=1S/C26H26ClFN2O2S/c1-2-29-26(32)24(16-19-8-4-3-5-9-19)30(17-20-10-6-7-11-23(20)28)25(31)18-33-22-14-12-21(27)13-15-22/h3-15,24H,2,16-18H2,1H3,(H,29,32)/t24-/m0/s1.